The second kappa shape index (κ2) is 4.10. The molecule has 0 aliphatic rings. The summed E-state index contributed by atoms with van der Waals surface area (Å²) in [7, 11) is 1.98. The van der Waals surface area contributed by atoms with Crippen LogP contribution in [0, 0.1) is 0 Å². The third-order valence-corrected chi connectivity index (χ3v) is 3.32. The zero-order valence-corrected chi connectivity index (χ0v) is 11.3. The minimum absolute atomic E-state index is 0.713. The molecule has 0 aliphatic carbocycles. The number of pyridine rings is 1. The Hall–Kier alpha value is -1.88. The molecule has 0 unspecified atom stereocenters. The van der Waals surface area contributed by atoms with Crippen molar-refractivity contribution in [3.8, 4) is 11.4 Å². The van der Waals surface area contributed by atoms with Crippen LogP contribution in [-0.2, 0) is 7.05 Å². The highest BCUT2D eigenvalue weighted by Gasteiger charge is 2.10. The fraction of sp³-hybridized carbons (Fsp3) is 0.0769. The molecule has 0 saturated carbocycles. The van der Waals surface area contributed by atoms with E-state index in [4.69, 9.17) is 5.73 Å². The van der Waals surface area contributed by atoms with Crippen molar-refractivity contribution >= 4 is 32.7 Å². The minimum Gasteiger partial charge on any atom is -0.399 e. The molecule has 0 spiro atoms. The van der Waals surface area contributed by atoms with E-state index < -0.39 is 0 Å². The Balaban J connectivity index is 2.28. The van der Waals surface area contributed by atoms with Crippen LogP contribution in [0.3, 0.4) is 0 Å². The van der Waals surface area contributed by atoms with E-state index in [1.807, 2.05) is 42.1 Å². The van der Waals surface area contributed by atoms with Gasteiger partial charge in [0.1, 0.15) is 5.82 Å². The second-order valence-corrected chi connectivity index (χ2v) is 5.05. The number of rotatable bonds is 1. The van der Waals surface area contributed by atoms with Gasteiger partial charge in [-0.05, 0) is 24.3 Å². The van der Waals surface area contributed by atoms with Gasteiger partial charge in [-0.3, -0.25) is 4.98 Å². The number of nitrogens with zero attached hydrogens (tertiary/aromatic N) is 3. The van der Waals surface area contributed by atoms with Crippen LogP contribution in [0.1, 0.15) is 0 Å². The van der Waals surface area contributed by atoms with E-state index >= 15 is 0 Å². The Bertz CT molecular complexity index is 713. The van der Waals surface area contributed by atoms with Gasteiger partial charge >= 0.3 is 0 Å². The van der Waals surface area contributed by atoms with E-state index in [1.54, 1.807) is 6.20 Å². The smallest absolute Gasteiger partial charge is 0.141 e. The Morgan fingerprint density at radius 3 is 2.83 bits per heavy atom. The molecule has 0 atom stereocenters. The molecule has 0 bridgehead atoms. The summed E-state index contributed by atoms with van der Waals surface area (Å²) in [6.45, 7) is 0. The Labute approximate surface area is 113 Å². The molecule has 3 aromatic rings. The monoisotopic (exact) mass is 302 g/mol. The van der Waals surface area contributed by atoms with E-state index in [2.05, 4.69) is 25.9 Å². The molecule has 0 amide bonds. The lowest BCUT2D eigenvalue weighted by molar-refractivity contribution is 0.956. The molecule has 0 saturated heterocycles. The summed E-state index contributed by atoms with van der Waals surface area (Å²) >= 11 is 3.45. The molecule has 18 heavy (non-hydrogen) atoms. The van der Waals surface area contributed by atoms with E-state index in [-0.39, 0.29) is 0 Å². The van der Waals surface area contributed by atoms with Gasteiger partial charge in [-0.2, -0.15) is 0 Å². The van der Waals surface area contributed by atoms with E-state index in [0.29, 0.717) is 5.69 Å². The van der Waals surface area contributed by atoms with Crippen LogP contribution in [0.2, 0.25) is 0 Å². The van der Waals surface area contributed by atoms with Crippen LogP contribution in [0.5, 0.6) is 0 Å². The summed E-state index contributed by atoms with van der Waals surface area (Å²) in [4.78, 5) is 8.73. The summed E-state index contributed by atoms with van der Waals surface area (Å²) in [5.74, 6) is 0.881. The first kappa shape index (κ1) is 11.2. The van der Waals surface area contributed by atoms with E-state index in [1.165, 1.54) is 0 Å². The van der Waals surface area contributed by atoms with Crippen molar-refractivity contribution in [3.63, 3.8) is 0 Å². The highest BCUT2D eigenvalue weighted by Crippen LogP contribution is 2.27. The van der Waals surface area contributed by atoms with Gasteiger partial charge < -0.3 is 10.3 Å². The van der Waals surface area contributed by atoms with Gasteiger partial charge in [0.15, 0.2) is 0 Å². The molecule has 1 aromatic carbocycles. The van der Waals surface area contributed by atoms with Gasteiger partial charge in [-0.15, -0.1) is 0 Å². The molecular formula is C13H11BrN4. The molecule has 2 heterocycles. The highest BCUT2D eigenvalue weighted by molar-refractivity contribution is 9.10. The first-order valence-corrected chi connectivity index (χ1v) is 6.27. The number of hydrogen-bond acceptors (Lipinski definition) is 3. The third-order valence-electron chi connectivity index (χ3n) is 2.86. The molecule has 2 N–H and O–H groups in total. The maximum Gasteiger partial charge on any atom is 0.141 e. The predicted octanol–water partition coefficient (Wildman–Crippen LogP) is 2.98. The van der Waals surface area contributed by atoms with Crippen molar-refractivity contribution < 1.29 is 0 Å². The van der Waals surface area contributed by atoms with Crippen LogP contribution in [0.15, 0.2) is 41.1 Å². The number of benzene rings is 1. The zero-order chi connectivity index (χ0) is 12.7. The quantitative estimate of drug-likeness (QED) is 0.703. The summed E-state index contributed by atoms with van der Waals surface area (Å²) in [5.41, 5.74) is 9.50. The standard InChI is InChI=1S/C13H11BrN4/c1-18-12-7-16-3-2-11(12)17-13(18)8-4-9(14)6-10(15)5-8/h2-7H,15H2,1H3. The summed E-state index contributed by atoms with van der Waals surface area (Å²) in [6.07, 6.45) is 3.56. The lowest BCUT2D eigenvalue weighted by atomic mass is 10.2. The minimum atomic E-state index is 0.713. The van der Waals surface area contributed by atoms with E-state index in [9.17, 15) is 0 Å². The summed E-state index contributed by atoms with van der Waals surface area (Å²) in [6, 6.07) is 7.69. The average Bonchev–Trinajstić information content (AvgIpc) is 2.66. The van der Waals surface area contributed by atoms with Gasteiger partial charge in [-0.25, -0.2) is 4.98 Å². The van der Waals surface area contributed by atoms with Crippen LogP contribution in [-0.4, -0.2) is 14.5 Å². The SMILES string of the molecule is Cn1c(-c2cc(N)cc(Br)c2)nc2ccncc21. The Morgan fingerprint density at radius 1 is 1.28 bits per heavy atom. The normalized spacial score (nSPS) is 11.0. The number of hydrogen-bond donors (Lipinski definition) is 1. The van der Waals surface area contributed by atoms with Crippen LogP contribution >= 0.6 is 15.9 Å². The number of fused-ring (bicyclic) bond motifs is 1. The first-order chi connectivity index (χ1) is 8.65. The van der Waals surface area contributed by atoms with Gasteiger partial charge in [0.2, 0.25) is 0 Å². The van der Waals surface area contributed by atoms with Crippen molar-refractivity contribution in [2.24, 2.45) is 7.05 Å². The molecular weight excluding hydrogens is 292 g/mol. The largest absolute Gasteiger partial charge is 0.399 e. The molecule has 0 radical (unpaired) electrons. The van der Waals surface area contributed by atoms with Gasteiger partial charge in [-0.1, -0.05) is 15.9 Å². The number of aromatic nitrogens is 3. The molecule has 90 valence electrons. The fourth-order valence-corrected chi connectivity index (χ4v) is 2.55. The summed E-state index contributed by atoms with van der Waals surface area (Å²) in [5, 5.41) is 0. The zero-order valence-electron chi connectivity index (χ0n) is 9.76. The average molecular weight is 303 g/mol. The van der Waals surface area contributed by atoms with Gasteiger partial charge in [0.25, 0.3) is 0 Å². The molecule has 0 fully saturated rings. The number of aryl methyl sites for hydroxylation is 1. The lowest BCUT2D eigenvalue weighted by Gasteiger charge is -2.04. The first-order valence-electron chi connectivity index (χ1n) is 5.48. The Kier molecular flexibility index (Phi) is 2.56. The lowest BCUT2D eigenvalue weighted by Crippen LogP contribution is -1.94. The molecule has 2 aromatic heterocycles. The maximum absolute atomic E-state index is 5.86. The van der Waals surface area contributed by atoms with E-state index in [0.717, 1.165) is 26.9 Å². The number of imidazole rings is 1. The summed E-state index contributed by atoms with van der Waals surface area (Å²) < 4.78 is 2.96. The third kappa shape index (κ3) is 1.76. The van der Waals surface area contributed by atoms with Gasteiger partial charge in [0, 0.05) is 29.0 Å². The van der Waals surface area contributed by atoms with Crippen molar-refractivity contribution in [2.75, 3.05) is 5.73 Å². The fourth-order valence-electron chi connectivity index (χ4n) is 2.03. The van der Waals surface area contributed by atoms with Gasteiger partial charge in [0.05, 0.1) is 17.2 Å². The number of nitrogens with two attached hydrogens (primary N) is 1. The van der Waals surface area contributed by atoms with Crippen molar-refractivity contribution in [1.82, 2.24) is 14.5 Å². The Morgan fingerprint density at radius 2 is 2.11 bits per heavy atom. The number of halogens is 1. The van der Waals surface area contributed by atoms with Crippen LogP contribution < -0.4 is 5.73 Å². The maximum atomic E-state index is 5.86. The van der Waals surface area contributed by atoms with Crippen molar-refractivity contribution in [3.05, 3.63) is 41.1 Å². The van der Waals surface area contributed by atoms with Crippen molar-refractivity contribution in [1.29, 1.82) is 0 Å². The van der Waals surface area contributed by atoms with Crippen LogP contribution in [0.25, 0.3) is 22.4 Å². The molecule has 0 aliphatic heterocycles. The molecule has 5 heteroatoms. The molecule has 4 nitrogen and oxygen atoms in total. The van der Waals surface area contributed by atoms with Crippen molar-refractivity contribution in [2.45, 2.75) is 0 Å². The molecule has 3 rings (SSSR count). The second-order valence-electron chi connectivity index (χ2n) is 4.13. The van der Waals surface area contributed by atoms with Crippen LogP contribution in [0.4, 0.5) is 5.69 Å². The topological polar surface area (TPSA) is 56.7 Å². The number of anilines is 1. The highest BCUT2D eigenvalue weighted by atomic mass is 79.9. The number of nitrogen functional groups attached to an aromatic ring is 1. The predicted molar refractivity (Wildman–Crippen MR) is 76.1 cm³/mol.